The van der Waals surface area contributed by atoms with Gasteiger partial charge in [0.15, 0.2) is 0 Å². The van der Waals surface area contributed by atoms with Gasteiger partial charge in [-0.3, -0.25) is 4.79 Å². The molecular formula is C10H21NO4. The number of nitrogens with one attached hydrogen (secondary N) is 1. The predicted octanol–water partition coefficient (Wildman–Crippen LogP) is 0.494. The summed E-state index contributed by atoms with van der Waals surface area (Å²) < 4.78 is 10.3. The Bertz CT molecular complexity index is 152. The molecule has 0 aliphatic rings. The fourth-order valence-electron chi connectivity index (χ4n) is 0.928. The van der Waals surface area contributed by atoms with E-state index < -0.39 is 5.97 Å². The number of carboxylic acid groups (broad SMARTS) is 1. The third-order valence-electron chi connectivity index (χ3n) is 1.68. The number of carbonyl (C=O) groups is 1. The zero-order valence-electron chi connectivity index (χ0n) is 9.33. The maximum Gasteiger partial charge on any atom is 0.305 e. The number of hydrogen-bond acceptors (Lipinski definition) is 4. The molecule has 0 fully saturated rings. The summed E-state index contributed by atoms with van der Waals surface area (Å²) in [6, 6.07) is 0. The molecule has 0 unspecified atom stereocenters. The molecular weight excluding hydrogens is 198 g/mol. The van der Waals surface area contributed by atoms with Gasteiger partial charge in [-0.25, -0.2) is 0 Å². The molecule has 0 aromatic heterocycles. The van der Waals surface area contributed by atoms with Crippen LogP contribution in [0.15, 0.2) is 0 Å². The van der Waals surface area contributed by atoms with Gasteiger partial charge < -0.3 is 19.9 Å². The molecule has 5 nitrogen and oxygen atoms in total. The van der Waals surface area contributed by atoms with Crippen LogP contribution >= 0.6 is 0 Å². The van der Waals surface area contributed by atoms with Crippen molar-refractivity contribution in [3.63, 3.8) is 0 Å². The summed E-state index contributed by atoms with van der Waals surface area (Å²) in [6.45, 7) is 5.88. The van der Waals surface area contributed by atoms with E-state index in [0.29, 0.717) is 19.8 Å². The molecule has 0 heterocycles. The number of aliphatic carboxylic acids is 1. The van der Waals surface area contributed by atoms with Crippen molar-refractivity contribution in [3.8, 4) is 0 Å². The van der Waals surface area contributed by atoms with Gasteiger partial charge in [-0.1, -0.05) is 6.92 Å². The smallest absolute Gasteiger partial charge is 0.305 e. The van der Waals surface area contributed by atoms with Crippen LogP contribution in [0.4, 0.5) is 0 Å². The highest BCUT2D eigenvalue weighted by Crippen LogP contribution is 1.83. The number of hydrogen-bond donors (Lipinski definition) is 2. The van der Waals surface area contributed by atoms with E-state index in [1.54, 1.807) is 0 Å². The Morgan fingerprint density at radius 3 is 2.40 bits per heavy atom. The maximum absolute atomic E-state index is 10.1. The summed E-state index contributed by atoms with van der Waals surface area (Å²) >= 11 is 0. The molecule has 0 amide bonds. The highest BCUT2D eigenvalue weighted by molar-refractivity contribution is 5.66. The van der Waals surface area contributed by atoms with Crippen molar-refractivity contribution in [2.45, 2.75) is 19.8 Å². The van der Waals surface area contributed by atoms with Crippen LogP contribution in [0.5, 0.6) is 0 Å². The van der Waals surface area contributed by atoms with Gasteiger partial charge >= 0.3 is 5.97 Å². The highest BCUT2D eigenvalue weighted by Gasteiger charge is 1.95. The number of rotatable bonds is 11. The molecule has 5 heteroatoms. The minimum absolute atomic E-state index is 0.0536. The first-order valence-corrected chi connectivity index (χ1v) is 5.35. The van der Waals surface area contributed by atoms with Gasteiger partial charge in [0.05, 0.1) is 32.8 Å². The van der Waals surface area contributed by atoms with Gasteiger partial charge in [0, 0.05) is 6.54 Å². The normalized spacial score (nSPS) is 10.5. The topological polar surface area (TPSA) is 67.8 Å². The minimum Gasteiger partial charge on any atom is -0.481 e. The summed E-state index contributed by atoms with van der Waals surface area (Å²) in [7, 11) is 0. The SMILES string of the molecule is CCCNCCOCCOCCC(=O)O. The standard InChI is InChI=1S/C10H21NO4/c1-2-4-11-5-7-15-9-8-14-6-3-10(12)13/h11H,2-9H2,1H3,(H,12,13). The zero-order valence-corrected chi connectivity index (χ0v) is 9.33. The van der Waals surface area contributed by atoms with Crippen molar-refractivity contribution in [1.29, 1.82) is 0 Å². The van der Waals surface area contributed by atoms with Crippen molar-refractivity contribution in [2.75, 3.05) is 39.5 Å². The Hall–Kier alpha value is -0.650. The van der Waals surface area contributed by atoms with Crippen LogP contribution < -0.4 is 5.32 Å². The van der Waals surface area contributed by atoms with Crippen molar-refractivity contribution >= 4 is 5.97 Å². The number of carboxylic acids is 1. The molecule has 0 rings (SSSR count). The lowest BCUT2D eigenvalue weighted by Gasteiger charge is -2.05. The van der Waals surface area contributed by atoms with Crippen LogP contribution in [-0.2, 0) is 14.3 Å². The monoisotopic (exact) mass is 219 g/mol. The van der Waals surface area contributed by atoms with Gasteiger partial charge in [-0.05, 0) is 13.0 Å². The highest BCUT2D eigenvalue weighted by atomic mass is 16.5. The summed E-state index contributed by atoms with van der Waals surface area (Å²) in [5, 5.41) is 11.5. The first-order valence-electron chi connectivity index (χ1n) is 5.35. The molecule has 0 saturated heterocycles. The van der Waals surface area contributed by atoms with Gasteiger partial charge in [-0.2, -0.15) is 0 Å². The Balaban J connectivity index is 2.89. The molecule has 0 aliphatic heterocycles. The van der Waals surface area contributed by atoms with E-state index in [1.807, 2.05) is 0 Å². The second kappa shape index (κ2) is 11.4. The Kier molecular flexibility index (Phi) is 10.9. The predicted molar refractivity (Wildman–Crippen MR) is 57.1 cm³/mol. The fraction of sp³-hybridized carbons (Fsp3) is 0.900. The molecule has 0 spiro atoms. The quantitative estimate of drug-likeness (QED) is 0.495. The van der Waals surface area contributed by atoms with E-state index in [1.165, 1.54) is 0 Å². The van der Waals surface area contributed by atoms with E-state index >= 15 is 0 Å². The minimum atomic E-state index is -0.834. The van der Waals surface area contributed by atoms with Gasteiger partial charge in [0.1, 0.15) is 0 Å². The van der Waals surface area contributed by atoms with Crippen molar-refractivity contribution in [2.24, 2.45) is 0 Å². The lowest BCUT2D eigenvalue weighted by molar-refractivity contribution is -0.138. The van der Waals surface area contributed by atoms with Crippen LogP contribution in [0.25, 0.3) is 0 Å². The lowest BCUT2D eigenvalue weighted by Crippen LogP contribution is -2.21. The summed E-state index contributed by atoms with van der Waals surface area (Å²) in [6.07, 6.45) is 1.18. The molecule has 15 heavy (non-hydrogen) atoms. The van der Waals surface area contributed by atoms with Gasteiger partial charge in [0.25, 0.3) is 0 Å². The molecule has 0 aromatic rings. The maximum atomic E-state index is 10.1. The first kappa shape index (κ1) is 14.3. The number of ether oxygens (including phenoxy) is 2. The molecule has 0 aliphatic carbocycles. The first-order chi connectivity index (χ1) is 7.27. The second-order valence-corrected chi connectivity index (χ2v) is 3.12. The molecule has 2 N–H and O–H groups in total. The molecule has 0 saturated carbocycles. The molecule has 90 valence electrons. The van der Waals surface area contributed by atoms with E-state index in [-0.39, 0.29) is 13.0 Å². The van der Waals surface area contributed by atoms with E-state index in [2.05, 4.69) is 12.2 Å². The lowest BCUT2D eigenvalue weighted by atomic mass is 10.5. The average molecular weight is 219 g/mol. The zero-order chi connectivity index (χ0) is 11.4. The van der Waals surface area contributed by atoms with Gasteiger partial charge in [0.2, 0.25) is 0 Å². The molecule has 0 bridgehead atoms. The van der Waals surface area contributed by atoms with Crippen molar-refractivity contribution < 1.29 is 19.4 Å². The molecule has 0 aromatic carbocycles. The van der Waals surface area contributed by atoms with Crippen LogP contribution in [0.1, 0.15) is 19.8 Å². The molecule has 0 radical (unpaired) electrons. The van der Waals surface area contributed by atoms with E-state index in [0.717, 1.165) is 19.5 Å². The van der Waals surface area contributed by atoms with Crippen LogP contribution in [0.2, 0.25) is 0 Å². The van der Waals surface area contributed by atoms with Crippen molar-refractivity contribution in [3.05, 3.63) is 0 Å². The Morgan fingerprint density at radius 2 is 1.80 bits per heavy atom. The third-order valence-corrected chi connectivity index (χ3v) is 1.68. The summed E-state index contributed by atoms with van der Waals surface area (Å²) in [5.74, 6) is -0.834. The van der Waals surface area contributed by atoms with Gasteiger partial charge in [-0.15, -0.1) is 0 Å². The van der Waals surface area contributed by atoms with E-state index in [9.17, 15) is 4.79 Å². The third kappa shape index (κ3) is 13.3. The molecule has 0 atom stereocenters. The van der Waals surface area contributed by atoms with E-state index in [4.69, 9.17) is 14.6 Å². The largest absolute Gasteiger partial charge is 0.481 e. The van der Waals surface area contributed by atoms with Crippen LogP contribution in [0.3, 0.4) is 0 Å². The average Bonchev–Trinajstić information content (AvgIpc) is 2.20. The summed E-state index contributed by atoms with van der Waals surface area (Å²) in [4.78, 5) is 10.1. The fourth-order valence-corrected chi connectivity index (χ4v) is 0.928. The summed E-state index contributed by atoms with van der Waals surface area (Å²) in [5.41, 5.74) is 0. The van der Waals surface area contributed by atoms with Crippen LogP contribution in [0, 0.1) is 0 Å². The second-order valence-electron chi connectivity index (χ2n) is 3.12. The Labute approximate surface area is 90.8 Å². The van der Waals surface area contributed by atoms with Crippen molar-refractivity contribution in [1.82, 2.24) is 5.32 Å². The Morgan fingerprint density at radius 1 is 1.13 bits per heavy atom. The van der Waals surface area contributed by atoms with Crippen LogP contribution in [-0.4, -0.2) is 50.6 Å².